The van der Waals surface area contributed by atoms with Crippen LogP contribution in [0.3, 0.4) is 0 Å². The van der Waals surface area contributed by atoms with Crippen LogP contribution in [0.1, 0.15) is 35.9 Å². The number of aliphatic hydroxyl groups is 1. The molecular weight excluding hydrogens is 354 g/mol. The highest BCUT2D eigenvalue weighted by Crippen LogP contribution is 2.31. The van der Waals surface area contributed by atoms with Gasteiger partial charge in [0, 0.05) is 28.5 Å². The second-order valence-electron chi connectivity index (χ2n) is 6.35. The van der Waals surface area contributed by atoms with Crippen molar-refractivity contribution in [3.63, 3.8) is 0 Å². The van der Waals surface area contributed by atoms with E-state index in [1.54, 1.807) is 23.1 Å². The van der Waals surface area contributed by atoms with Gasteiger partial charge in [-0.05, 0) is 37.3 Å². The lowest BCUT2D eigenvalue weighted by molar-refractivity contribution is -0.134. The number of carbonyl (C=O) groups excluding carboxylic acids is 1. The topological polar surface area (TPSA) is 56.1 Å². The minimum absolute atomic E-state index is 0.00316. The van der Waals surface area contributed by atoms with Gasteiger partial charge in [0.15, 0.2) is 5.17 Å². The molecule has 1 amide bonds. The van der Waals surface area contributed by atoms with Gasteiger partial charge in [0.05, 0.1) is 25.6 Å². The van der Waals surface area contributed by atoms with Crippen LogP contribution in [0.2, 0.25) is 0 Å². The van der Waals surface area contributed by atoms with Crippen LogP contribution in [0.4, 0.5) is 0 Å². The van der Waals surface area contributed by atoms with Crippen LogP contribution in [0.15, 0.2) is 28.2 Å². The van der Waals surface area contributed by atoms with Gasteiger partial charge >= 0.3 is 0 Å². The van der Waals surface area contributed by atoms with Gasteiger partial charge in [-0.25, -0.2) is 0 Å². The first-order valence-corrected chi connectivity index (χ1v) is 10.4. The molecule has 0 unspecified atom stereocenters. The Morgan fingerprint density at radius 2 is 2.32 bits per heavy atom. The minimum atomic E-state index is -0.140. The first kappa shape index (κ1) is 18.5. The Labute approximate surface area is 157 Å². The van der Waals surface area contributed by atoms with Crippen molar-refractivity contribution in [2.75, 3.05) is 19.7 Å². The summed E-state index contributed by atoms with van der Waals surface area (Å²) in [5.41, 5.74) is 1.04. The first-order valence-electron chi connectivity index (χ1n) is 8.75. The Hall–Kier alpha value is -1.31. The quantitative estimate of drug-likeness (QED) is 0.790. The largest absolute Gasteiger partial charge is 0.394 e. The van der Waals surface area contributed by atoms with Crippen molar-refractivity contribution in [3.05, 3.63) is 33.0 Å². The zero-order valence-corrected chi connectivity index (χ0v) is 16.4. The molecule has 7 heteroatoms. The van der Waals surface area contributed by atoms with Crippen molar-refractivity contribution in [3.8, 4) is 0 Å². The molecule has 0 spiro atoms. The minimum Gasteiger partial charge on any atom is -0.394 e. The van der Waals surface area contributed by atoms with Crippen molar-refractivity contribution < 1.29 is 9.90 Å². The zero-order valence-electron chi connectivity index (χ0n) is 14.8. The highest BCUT2D eigenvalue weighted by Gasteiger charge is 2.29. The lowest BCUT2D eigenvalue weighted by Gasteiger charge is -2.31. The summed E-state index contributed by atoms with van der Waals surface area (Å²) in [6, 6.07) is 4.01. The van der Waals surface area contributed by atoms with E-state index in [9.17, 15) is 9.90 Å². The monoisotopic (exact) mass is 379 g/mol. The molecule has 0 saturated carbocycles. The van der Waals surface area contributed by atoms with Crippen molar-refractivity contribution >= 4 is 34.2 Å². The van der Waals surface area contributed by atoms with Gasteiger partial charge in [-0.3, -0.25) is 9.79 Å². The van der Waals surface area contributed by atoms with E-state index in [1.165, 1.54) is 4.88 Å². The molecule has 5 nitrogen and oxygen atoms in total. The normalized spacial score (nSPS) is 17.8. The second kappa shape index (κ2) is 8.38. The Balaban J connectivity index is 1.72. The lowest BCUT2D eigenvalue weighted by Crippen LogP contribution is -2.42. The molecule has 0 saturated heterocycles. The van der Waals surface area contributed by atoms with Crippen molar-refractivity contribution in [2.24, 2.45) is 4.99 Å². The summed E-state index contributed by atoms with van der Waals surface area (Å²) >= 11 is 3.32. The first-order chi connectivity index (χ1) is 12.1. The predicted octanol–water partition coefficient (Wildman–Crippen LogP) is 3.20. The molecule has 0 radical (unpaired) electrons. The summed E-state index contributed by atoms with van der Waals surface area (Å²) in [6.07, 6.45) is 2.14. The van der Waals surface area contributed by atoms with Gasteiger partial charge in [0.2, 0.25) is 5.91 Å². The van der Waals surface area contributed by atoms with E-state index < -0.39 is 0 Å². The van der Waals surface area contributed by atoms with Crippen molar-refractivity contribution in [1.29, 1.82) is 0 Å². The number of rotatable bonds is 7. The fraction of sp³-hybridized carbons (Fsp3) is 0.556. The van der Waals surface area contributed by atoms with Crippen LogP contribution in [-0.2, 0) is 11.3 Å². The van der Waals surface area contributed by atoms with E-state index in [2.05, 4.69) is 34.4 Å². The molecule has 0 aliphatic carbocycles. The molecular formula is C18H25N3O2S2. The number of aryl methyl sites for hydroxylation is 1. The zero-order chi connectivity index (χ0) is 17.8. The van der Waals surface area contributed by atoms with Crippen LogP contribution in [0, 0.1) is 6.92 Å². The second-order valence-corrected chi connectivity index (χ2v) is 8.56. The number of aliphatic hydroxyl groups excluding tert-OH is 1. The Bertz CT molecular complexity index is 680. The molecule has 25 heavy (non-hydrogen) atoms. The molecule has 1 N–H and O–H groups in total. The molecule has 2 aliphatic rings. The summed E-state index contributed by atoms with van der Waals surface area (Å²) in [7, 11) is 0. The maximum Gasteiger partial charge on any atom is 0.229 e. The molecule has 0 bridgehead atoms. The smallest absolute Gasteiger partial charge is 0.229 e. The van der Waals surface area contributed by atoms with E-state index in [0.29, 0.717) is 13.0 Å². The van der Waals surface area contributed by atoms with Crippen LogP contribution in [0.5, 0.6) is 0 Å². The van der Waals surface area contributed by atoms with Crippen LogP contribution in [0.25, 0.3) is 0 Å². The third-order valence-corrected chi connectivity index (χ3v) is 6.50. The average molecular weight is 380 g/mol. The number of thiophene rings is 1. The lowest BCUT2D eigenvalue weighted by atomic mass is 10.1. The van der Waals surface area contributed by atoms with E-state index in [4.69, 9.17) is 0 Å². The molecule has 0 fully saturated rings. The van der Waals surface area contributed by atoms with Crippen LogP contribution >= 0.6 is 23.1 Å². The summed E-state index contributed by atoms with van der Waals surface area (Å²) in [4.78, 5) is 24.0. The number of amides is 1. The van der Waals surface area contributed by atoms with Gasteiger partial charge in [0.25, 0.3) is 0 Å². The van der Waals surface area contributed by atoms with Crippen LogP contribution in [-0.4, -0.2) is 51.7 Å². The molecule has 1 aromatic rings. The average Bonchev–Trinajstić information content (AvgIpc) is 3.21. The number of aliphatic imine (C=N–C) groups is 1. The molecule has 3 rings (SSSR count). The fourth-order valence-corrected chi connectivity index (χ4v) is 4.98. The number of nitrogens with zero attached hydrogens (tertiary/aromatic N) is 3. The molecule has 2 aliphatic heterocycles. The van der Waals surface area contributed by atoms with Gasteiger partial charge in [-0.2, -0.15) is 0 Å². The maximum atomic E-state index is 13.0. The van der Waals surface area contributed by atoms with E-state index in [1.807, 2.05) is 11.8 Å². The standard InChI is InChI=1S/C18H25N3O2S2/c1-3-14(11-22)21(10-16-6-5-13(2)25-16)17(23)9-15-12-24-18-19-7-4-8-20(15)18/h5-6,12,14,22H,3-4,7-11H2,1-2H3/t14-/m1/s1. The number of thioether (sulfide) groups is 1. The number of hydrogen-bond donors (Lipinski definition) is 1. The van der Waals surface area contributed by atoms with E-state index in [0.717, 1.165) is 41.7 Å². The highest BCUT2D eigenvalue weighted by molar-refractivity contribution is 8.16. The summed E-state index contributed by atoms with van der Waals surface area (Å²) in [5, 5.41) is 12.8. The van der Waals surface area contributed by atoms with Gasteiger partial charge < -0.3 is 14.9 Å². The Kier molecular flexibility index (Phi) is 6.19. The van der Waals surface area contributed by atoms with Gasteiger partial charge in [-0.1, -0.05) is 18.7 Å². The van der Waals surface area contributed by atoms with Gasteiger partial charge in [-0.15, -0.1) is 11.3 Å². The van der Waals surface area contributed by atoms with Crippen LogP contribution < -0.4 is 0 Å². The van der Waals surface area contributed by atoms with E-state index >= 15 is 0 Å². The summed E-state index contributed by atoms with van der Waals surface area (Å²) < 4.78 is 0. The molecule has 0 aromatic carbocycles. The predicted molar refractivity (Wildman–Crippen MR) is 105 cm³/mol. The summed E-state index contributed by atoms with van der Waals surface area (Å²) in [5.74, 6) is 0.0747. The van der Waals surface area contributed by atoms with E-state index in [-0.39, 0.29) is 18.6 Å². The van der Waals surface area contributed by atoms with Crippen molar-refractivity contribution in [1.82, 2.24) is 9.80 Å². The number of amidine groups is 1. The Morgan fingerprint density at radius 1 is 1.48 bits per heavy atom. The molecule has 1 atom stereocenters. The summed E-state index contributed by atoms with van der Waals surface area (Å²) in [6.45, 7) is 6.46. The molecule has 136 valence electrons. The van der Waals surface area contributed by atoms with Crippen molar-refractivity contribution in [2.45, 2.75) is 45.7 Å². The fourth-order valence-electron chi connectivity index (χ4n) is 3.14. The SMILES string of the molecule is CC[C@H](CO)N(Cc1ccc(C)s1)C(=O)CC1=CSC2=NCCCN12. The third-order valence-electron chi connectivity index (χ3n) is 4.56. The highest BCUT2D eigenvalue weighted by atomic mass is 32.2. The van der Waals surface area contributed by atoms with Gasteiger partial charge in [0.1, 0.15) is 0 Å². The number of fused-ring (bicyclic) bond motifs is 1. The number of carbonyl (C=O) groups is 1. The number of hydrogen-bond acceptors (Lipinski definition) is 6. The maximum absolute atomic E-state index is 13.0. The molecule has 1 aromatic heterocycles. The Morgan fingerprint density at radius 3 is 3.00 bits per heavy atom. The molecule has 3 heterocycles. The third kappa shape index (κ3) is 4.27.